The largest absolute Gasteiger partial charge is 0.494 e. The lowest BCUT2D eigenvalue weighted by Crippen LogP contribution is -2.45. The second-order valence-electron chi connectivity index (χ2n) is 6.03. The average molecular weight is 354 g/mol. The lowest BCUT2D eigenvalue weighted by molar-refractivity contribution is -0.131. The van der Waals surface area contributed by atoms with E-state index in [1.807, 2.05) is 43.3 Å². The molecule has 0 atom stereocenters. The van der Waals surface area contributed by atoms with Gasteiger partial charge in [-0.2, -0.15) is 0 Å². The van der Waals surface area contributed by atoms with Crippen LogP contribution in [0.15, 0.2) is 48.5 Å². The molecular formula is C20H22N2O4. The minimum atomic E-state index is -0.222. The highest BCUT2D eigenvalue weighted by atomic mass is 16.5. The summed E-state index contributed by atoms with van der Waals surface area (Å²) in [6.07, 6.45) is 0. The van der Waals surface area contributed by atoms with Gasteiger partial charge < -0.3 is 14.4 Å². The van der Waals surface area contributed by atoms with Crippen molar-refractivity contribution in [1.29, 1.82) is 0 Å². The quantitative estimate of drug-likeness (QED) is 0.800. The molecule has 26 heavy (non-hydrogen) atoms. The third-order valence-electron chi connectivity index (χ3n) is 4.21. The van der Waals surface area contributed by atoms with E-state index in [1.54, 1.807) is 24.1 Å². The van der Waals surface area contributed by atoms with Crippen LogP contribution in [0.3, 0.4) is 0 Å². The molecule has 0 spiro atoms. The van der Waals surface area contributed by atoms with Crippen molar-refractivity contribution >= 4 is 17.5 Å². The number of carbonyl (C=O) groups excluding carboxylic acids is 2. The molecule has 0 unspecified atom stereocenters. The van der Waals surface area contributed by atoms with Crippen molar-refractivity contribution in [3.05, 3.63) is 54.1 Å². The predicted octanol–water partition coefficient (Wildman–Crippen LogP) is 2.47. The number of rotatable bonds is 6. The van der Waals surface area contributed by atoms with E-state index < -0.39 is 0 Å². The van der Waals surface area contributed by atoms with E-state index >= 15 is 0 Å². The minimum Gasteiger partial charge on any atom is -0.494 e. The summed E-state index contributed by atoms with van der Waals surface area (Å²) in [5.41, 5.74) is 1.55. The first-order chi connectivity index (χ1) is 12.6. The molecule has 2 aromatic rings. The molecule has 2 amide bonds. The monoisotopic (exact) mass is 354 g/mol. The highest BCUT2D eigenvalue weighted by Crippen LogP contribution is 2.31. The van der Waals surface area contributed by atoms with Gasteiger partial charge in [-0.3, -0.25) is 14.5 Å². The number of likely N-dealkylation sites (N-methyl/N-ethyl adjacent to an activating group) is 1. The Hall–Kier alpha value is -3.02. The smallest absolute Gasteiger partial charge is 0.265 e. The zero-order valence-corrected chi connectivity index (χ0v) is 15.0. The zero-order valence-electron chi connectivity index (χ0n) is 15.0. The van der Waals surface area contributed by atoms with Gasteiger partial charge in [0.1, 0.15) is 18.0 Å². The maximum atomic E-state index is 12.7. The third kappa shape index (κ3) is 3.79. The van der Waals surface area contributed by atoms with Gasteiger partial charge in [0.05, 0.1) is 12.3 Å². The van der Waals surface area contributed by atoms with Gasteiger partial charge in [-0.15, -0.1) is 0 Å². The summed E-state index contributed by atoms with van der Waals surface area (Å²) >= 11 is 0. The van der Waals surface area contributed by atoms with Crippen molar-refractivity contribution in [1.82, 2.24) is 4.90 Å². The molecule has 0 aromatic heterocycles. The van der Waals surface area contributed by atoms with Crippen molar-refractivity contribution in [3.8, 4) is 11.5 Å². The van der Waals surface area contributed by atoms with Crippen molar-refractivity contribution in [2.75, 3.05) is 31.7 Å². The van der Waals surface area contributed by atoms with E-state index in [-0.39, 0.29) is 25.0 Å². The van der Waals surface area contributed by atoms with Gasteiger partial charge in [-0.05, 0) is 25.1 Å². The van der Waals surface area contributed by atoms with Gasteiger partial charge in [0.15, 0.2) is 6.61 Å². The summed E-state index contributed by atoms with van der Waals surface area (Å²) in [5.74, 6) is 1.01. The molecule has 1 heterocycles. The summed E-state index contributed by atoms with van der Waals surface area (Å²) in [7, 11) is 1.72. The summed E-state index contributed by atoms with van der Waals surface area (Å²) < 4.78 is 11.0. The topological polar surface area (TPSA) is 59.1 Å². The number of fused-ring (bicyclic) bond motifs is 1. The molecule has 1 aliphatic rings. The van der Waals surface area contributed by atoms with E-state index in [2.05, 4.69) is 0 Å². The molecule has 0 fully saturated rings. The Bertz CT molecular complexity index is 806. The fourth-order valence-electron chi connectivity index (χ4n) is 2.86. The Morgan fingerprint density at radius 1 is 1.19 bits per heavy atom. The van der Waals surface area contributed by atoms with Gasteiger partial charge in [0.25, 0.3) is 5.91 Å². The average Bonchev–Trinajstić information content (AvgIpc) is 2.65. The Morgan fingerprint density at radius 2 is 1.92 bits per heavy atom. The van der Waals surface area contributed by atoms with Crippen LogP contribution in [-0.2, 0) is 16.1 Å². The summed E-state index contributed by atoms with van der Waals surface area (Å²) in [6, 6.07) is 14.9. The third-order valence-corrected chi connectivity index (χ3v) is 4.21. The van der Waals surface area contributed by atoms with E-state index in [0.717, 1.165) is 11.3 Å². The van der Waals surface area contributed by atoms with Crippen LogP contribution in [0.4, 0.5) is 5.69 Å². The van der Waals surface area contributed by atoms with Gasteiger partial charge in [-0.1, -0.05) is 30.3 Å². The number of ether oxygens (including phenoxy) is 2. The van der Waals surface area contributed by atoms with E-state index in [9.17, 15) is 9.59 Å². The van der Waals surface area contributed by atoms with Crippen molar-refractivity contribution < 1.29 is 19.1 Å². The first-order valence-electron chi connectivity index (χ1n) is 8.57. The molecule has 0 saturated carbocycles. The molecule has 0 radical (unpaired) electrons. The fraction of sp³-hybridized carbons (Fsp3) is 0.300. The maximum Gasteiger partial charge on any atom is 0.265 e. The van der Waals surface area contributed by atoms with Crippen LogP contribution in [0.1, 0.15) is 12.5 Å². The molecule has 0 saturated heterocycles. The Kier molecular flexibility index (Phi) is 5.41. The summed E-state index contributed by atoms with van der Waals surface area (Å²) in [6.45, 7) is 2.82. The van der Waals surface area contributed by atoms with Crippen molar-refractivity contribution in [3.63, 3.8) is 0 Å². The van der Waals surface area contributed by atoms with Crippen molar-refractivity contribution in [2.45, 2.75) is 13.5 Å². The molecule has 0 aliphatic carbocycles. The normalized spacial score (nSPS) is 13.0. The number of amides is 2. The number of hydrogen-bond donors (Lipinski definition) is 0. The Morgan fingerprint density at radius 3 is 2.73 bits per heavy atom. The van der Waals surface area contributed by atoms with E-state index in [1.165, 1.54) is 4.90 Å². The van der Waals surface area contributed by atoms with Crippen LogP contribution in [0.5, 0.6) is 11.5 Å². The Balaban J connectivity index is 1.71. The predicted molar refractivity (Wildman–Crippen MR) is 98.4 cm³/mol. The van der Waals surface area contributed by atoms with Crippen LogP contribution >= 0.6 is 0 Å². The van der Waals surface area contributed by atoms with Gasteiger partial charge >= 0.3 is 0 Å². The van der Waals surface area contributed by atoms with Crippen LogP contribution in [0, 0.1) is 0 Å². The molecule has 136 valence electrons. The molecule has 2 aromatic carbocycles. The van der Waals surface area contributed by atoms with Gasteiger partial charge in [0.2, 0.25) is 5.91 Å². The van der Waals surface area contributed by atoms with Crippen LogP contribution < -0.4 is 14.4 Å². The zero-order chi connectivity index (χ0) is 18.5. The van der Waals surface area contributed by atoms with Crippen molar-refractivity contribution in [2.24, 2.45) is 0 Å². The standard InChI is InChI=1S/C20H22N2O4/c1-3-25-17-10-6-4-8-15(17)12-21(2)19(23)13-22-16-9-5-7-11-18(16)26-14-20(22)24/h4-11H,3,12-14H2,1-2H3. The molecule has 0 bridgehead atoms. The number of anilines is 1. The summed E-state index contributed by atoms with van der Waals surface area (Å²) in [4.78, 5) is 28.0. The highest BCUT2D eigenvalue weighted by Gasteiger charge is 2.28. The first-order valence-corrected chi connectivity index (χ1v) is 8.57. The number of carbonyl (C=O) groups is 2. The van der Waals surface area contributed by atoms with Gasteiger partial charge in [0, 0.05) is 19.2 Å². The summed E-state index contributed by atoms with van der Waals surface area (Å²) in [5, 5.41) is 0. The maximum absolute atomic E-state index is 12.7. The molecule has 6 heteroatoms. The van der Waals surface area contributed by atoms with E-state index in [4.69, 9.17) is 9.47 Å². The first kappa shape index (κ1) is 17.8. The molecule has 3 rings (SSSR count). The lowest BCUT2D eigenvalue weighted by Gasteiger charge is -2.30. The minimum absolute atomic E-state index is 0.0213. The van der Waals surface area contributed by atoms with Crippen LogP contribution in [0.25, 0.3) is 0 Å². The van der Waals surface area contributed by atoms with E-state index in [0.29, 0.717) is 24.6 Å². The van der Waals surface area contributed by atoms with Crippen LogP contribution in [-0.4, -0.2) is 43.5 Å². The number of hydrogen-bond acceptors (Lipinski definition) is 4. The molecule has 0 N–H and O–H groups in total. The Labute approximate surface area is 152 Å². The van der Waals surface area contributed by atoms with Crippen LogP contribution in [0.2, 0.25) is 0 Å². The highest BCUT2D eigenvalue weighted by molar-refractivity contribution is 6.02. The fourth-order valence-corrected chi connectivity index (χ4v) is 2.86. The SMILES string of the molecule is CCOc1ccccc1CN(C)C(=O)CN1C(=O)COc2ccccc21. The second-order valence-corrected chi connectivity index (χ2v) is 6.03. The molecule has 1 aliphatic heterocycles. The van der Waals surface area contributed by atoms with Gasteiger partial charge in [-0.25, -0.2) is 0 Å². The number of nitrogens with zero attached hydrogens (tertiary/aromatic N) is 2. The number of benzene rings is 2. The number of para-hydroxylation sites is 3. The molecule has 6 nitrogen and oxygen atoms in total. The second kappa shape index (κ2) is 7.91. The lowest BCUT2D eigenvalue weighted by atomic mass is 10.2. The molecular weight excluding hydrogens is 332 g/mol.